The van der Waals surface area contributed by atoms with Gasteiger partial charge >= 0.3 is 0 Å². The molecule has 0 amide bonds. The van der Waals surface area contributed by atoms with Gasteiger partial charge in [0.2, 0.25) is 0 Å². The van der Waals surface area contributed by atoms with Crippen molar-refractivity contribution in [3.8, 4) is 11.5 Å². The van der Waals surface area contributed by atoms with Crippen molar-refractivity contribution in [2.75, 3.05) is 0 Å². The minimum absolute atomic E-state index is 0.0867. The van der Waals surface area contributed by atoms with E-state index in [-0.39, 0.29) is 17.1 Å². The van der Waals surface area contributed by atoms with E-state index in [1.807, 2.05) is 30.3 Å². The van der Waals surface area contributed by atoms with E-state index in [9.17, 15) is 5.11 Å². The van der Waals surface area contributed by atoms with Crippen molar-refractivity contribution >= 4 is 21.8 Å². The molecule has 1 N–H and O–H groups in total. The first-order chi connectivity index (χ1) is 12.4. The maximum atomic E-state index is 10.6. The first kappa shape index (κ1) is 15.4. The largest absolute Gasteiger partial charge is 0.507 e. The standard InChI is InChI=1S/C23H21NO2/c1-13-15-8-9-23(2,3)12-20(15)26-19-11-18(25)16-10-14-6-4-5-7-17(14)24-22(16)21(13)19/h4-11,13,25H,12H2,1-3H3. The Hall–Kier alpha value is -2.81. The van der Waals surface area contributed by atoms with Crippen LogP contribution in [0, 0.1) is 5.41 Å². The second kappa shape index (κ2) is 5.10. The highest BCUT2D eigenvalue weighted by Crippen LogP contribution is 2.49. The third kappa shape index (κ3) is 2.16. The van der Waals surface area contributed by atoms with Gasteiger partial charge in [-0.25, -0.2) is 4.98 Å². The van der Waals surface area contributed by atoms with Crippen LogP contribution >= 0.6 is 0 Å². The Balaban J connectivity index is 1.78. The monoisotopic (exact) mass is 343 g/mol. The SMILES string of the molecule is CC1C2=C(CC(C)(C)C=C2)Oc2cc(O)c3cc4ccccc4nc3c21. The van der Waals surface area contributed by atoms with Gasteiger partial charge in [-0.05, 0) is 23.1 Å². The Morgan fingerprint density at radius 2 is 2.00 bits per heavy atom. The number of fused-ring (bicyclic) bond motifs is 4. The maximum Gasteiger partial charge on any atom is 0.136 e. The number of phenols is 1. The minimum Gasteiger partial charge on any atom is -0.507 e. The van der Waals surface area contributed by atoms with Crippen LogP contribution in [0.4, 0.5) is 0 Å². The van der Waals surface area contributed by atoms with Gasteiger partial charge in [0.05, 0.1) is 11.0 Å². The third-order valence-electron chi connectivity index (χ3n) is 5.57. The fourth-order valence-corrected chi connectivity index (χ4v) is 4.17. The van der Waals surface area contributed by atoms with E-state index in [1.165, 1.54) is 5.57 Å². The number of rotatable bonds is 0. The number of nitrogens with zero attached hydrogens (tertiary/aromatic N) is 1. The van der Waals surface area contributed by atoms with E-state index in [0.717, 1.165) is 45.3 Å². The second-order valence-corrected chi connectivity index (χ2v) is 8.09. The van der Waals surface area contributed by atoms with E-state index in [4.69, 9.17) is 9.72 Å². The van der Waals surface area contributed by atoms with Gasteiger partial charge < -0.3 is 9.84 Å². The Kier molecular flexibility index (Phi) is 3.03. The molecule has 5 rings (SSSR count). The zero-order chi connectivity index (χ0) is 18.1. The summed E-state index contributed by atoms with van der Waals surface area (Å²) >= 11 is 0. The quantitative estimate of drug-likeness (QED) is 0.522. The van der Waals surface area contributed by atoms with Crippen LogP contribution in [0.1, 0.15) is 38.7 Å². The van der Waals surface area contributed by atoms with Crippen LogP contribution < -0.4 is 4.74 Å². The number of pyridine rings is 1. The first-order valence-electron chi connectivity index (χ1n) is 9.08. The van der Waals surface area contributed by atoms with Crippen molar-refractivity contribution in [3.63, 3.8) is 0 Å². The molecule has 1 aliphatic heterocycles. The highest BCUT2D eigenvalue weighted by Gasteiger charge is 2.33. The highest BCUT2D eigenvalue weighted by atomic mass is 16.5. The summed E-state index contributed by atoms with van der Waals surface area (Å²) in [6, 6.07) is 11.8. The molecule has 0 radical (unpaired) electrons. The Morgan fingerprint density at radius 3 is 2.85 bits per heavy atom. The van der Waals surface area contributed by atoms with Gasteiger partial charge in [0, 0.05) is 34.7 Å². The summed E-state index contributed by atoms with van der Waals surface area (Å²) in [6.07, 6.45) is 5.33. The predicted molar refractivity (Wildman–Crippen MR) is 105 cm³/mol. The van der Waals surface area contributed by atoms with E-state index in [1.54, 1.807) is 6.07 Å². The molecule has 0 bridgehead atoms. The van der Waals surface area contributed by atoms with Crippen LogP contribution in [0.25, 0.3) is 21.8 Å². The van der Waals surface area contributed by atoms with Crippen molar-refractivity contribution in [1.29, 1.82) is 0 Å². The Labute approximate surface area is 152 Å². The lowest BCUT2D eigenvalue weighted by Crippen LogP contribution is -2.22. The van der Waals surface area contributed by atoms with Gasteiger partial charge in [-0.2, -0.15) is 0 Å². The van der Waals surface area contributed by atoms with E-state index >= 15 is 0 Å². The predicted octanol–water partition coefficient (Wildman–Crippen LogP) is 5.83. The van der Waals surface area contributed by atoms with Crippen LogP contribution in [-0.4, -0.2) is 10.1 Å². The number of phenolic OH excluding ortho intramolecular Hbond substituents is 1. The summed E-state index contributed by atoms with van der Waals surface area (Å²) in [4.78, 5) is 4.88. The molecule has 130 valence electrons. The molecule has 0 saturated heterocycles. The maximum absolute atomic E-state index is 10.6. The molecular formula is C23H21NO2. The lowest BCUT2D eigenvalue weighted by Gasteiger charge is -2.34. The third-order valence-corrected chi connectivity index (χ3v) is 5.57. The topological polar surface area (TPSA) is 42.4 Å². The summed E-state index contributed by atoms with van der Waals surface area (Å²) in [5.74, 6) is 2.14. The molecule has 2 aliphatic rings. The zero-order valence-electron chi connectivity index (χ0n) is 15.2. The summed E-state index contributed by atoms with van der Waals surface area (Å²) in [5.41, 5.74) is 4.13. The van der Waals surface area contributed by atoms with Crippen molar-refractivity contribution in [1.82, 2.24) is 4.98 Å². The fraction of sp³-hybridized carbons (Fsp3) is 0.261. The van der Waals surface area contributed by atoms with Crippen LogP contribution in [0.15, 0.2) is 59.9 Å². The van der Waals surface area contributed by atoms with Gasteiger partial charge in [-0.1, -0.05) is 51.1 Å². The molecule has 3 heteroatoms. The molecule has 3 nitrogen and oxygen atoms in total. The minimum atomic E-state index is 0.0867. The number of allylic oxidation sites excluding steroid dienone is 4. The number of para-hydroxylation sites is 1. The van der Waals surface area contributed by atoms with Crippen LogP contribution in [0.5, 0.6) is 11.5 Å². The van der Waals surface area contributed by atoms with Crippen LogP contribution in [0.2, 0.25) is 0 Å². The molecule has 0 fully saturated rings. The summed E-state index contributed by atoms with van der Waals surface area (Å²) < 4.78 is 6.27. The van der Waals surface area contributed by atoms with Crippen LogP contribution in [-0.2, 0) is 0 Å². The number of benzene rings is 2. The lowest BCUT2D eigenvalue weighted by molar-refractivity contribution is 0.315. The molecule has 1 atom stereocenters. The van der Waals surface area contributed by atoms with Crippen LogP contribution in [0.3, 0.4) is 0 Å². The molecule has 0 saturated carbocycles. The number of ether oxygens (including phenoxy) is 1. The average Bonchev–Trinajstić information content (AvgIpc) is 2.59. The van der Waals surface area contributed by atoms with Gasteiger partial charge in [-0.3, -0.25) is 0 Å². The molecule has 26 heavy (non-hydrogen) atoms. The van der Waals surface area contributed by atoms with Crippen molar-refractivity contribution in [2.24, 2.45) is 5.41 Å². The van der Waals surface area contributed by atoms with E-state index in [2.05, 4.69) is 32.9 Å². The Morgan fingerprint density at radius 1 is 1.19 bits per heavy atom. The summed E-state index contributed by atoms with van der Waals surface area (Å²) in [6.45, 7) is 6.62. The molecule has 1 aliphatic carbocycles. The molecule has 2 heterocycles. The Bertz CT molecular complexity index is 1140. The highest BCUT2D eigenvalue weighted by molar-refractivity contribution is 5.99. The van der Waals surface area contributed by atoms with Crippen molar-refractivity contribution in [3.05, 3.63) is 65.4 Å². The molecule has 2 aromatic carbocycles. The fourth-order valence-electron chi connectivity index (χ4n) is 4.17. The summed E-state index contributed by atoms with van der Waals surface area (Å²) in [7, 11) is 0. The number of hydrogen-bond donors (Lipinski definition) is 1. The molecule has 1 aromatic heterocycles. The van der Waals surface area contributed by atoms with Crippen molar-refractivity contribution in [2.45, 2.75) is 33.1 Å². The normalized spacial score (nSPS) is 20.8. The zero-order valence-corrected chi connectivity index (χ0v) is 15.2. The van der Waals surface area contributed by atoms with Gasteiger partial charge in [0.1, 0.15) is 17.3 Å². The van der Waals surface area contributed by atoms with Gasteiger partial charge in [0.25, 0.3) is 0 Å². The summed E-state index contributed by atoms with van der Waals surface area (Å²) in [5, 5.41) is 12.4. The van der Waals surface area contributed by atoms with E-state index < -0.39 is 0 Å². The molecule has 3 aromatic rings. The molecular weight excluding hydrogens is 322 g/mol. The smallest absolute Gasteiger partial charge is 0.136 e. The van der Waals surface area contributed by atoms with E-state index in [0.29, 0.717) is 0 Å². The van der Waals surface area contributed by atoms with Gasteiger partial charge in [0.15, 0.2) is 0 Å². The number of aromatic nitrogens is 1. The number of aromatic hydroxyl groups is 1. The van der Waals surface area contributed by atoms with Crippen molar-refractivity contribution < 1.29 is 9.84 Å². The number of hydrogen-bond acceptors (Lipinski definition) is 3. The molecule has 1 unspecified atom stereocenters. The first-order valence-corrected chi connectivity index (χ1v) is 9.08. The average molecular weight is 343 g/mol. The lowest BCUT2D eigenvalue weighted by atomic mass is 9.77. The van der Waals surface area contributed by atoms with Gasteiger partial charge in [-0.15, -0.1) is 0 Å². The molecule has 0 spiro atoms. The second-order valence-electron chi connectivity index (χ2n) is 8.09.